The molecule has 0 spiro atoms. The molecule has 5 heteroatoms. The molecule has 0 aromatic heterocycles. The molecule has 0 saturated carbocycles. The maximum atomic E-state index is 9.67. The van der Waals surface area contributed by atoms with Gasteiger partial charge in [0.15, 0.2) is 0 Å². The van der Waals surface area contributed by atoms with Gasteiger partial charge in [0.25, 0.3) is 0 Å². The minimum atomic E-state index is -3.67. The molecule has 0 unspecified atom stereocenters. The zero-order valence-electron chi connectivity index (χ0n) is 2.39. The Bertz CT molecular complexity index is 15.5. The fourth-order valence-corrected chi connectivity index (χ4v) is 0. The van der Waals surface area contributed by atoms with Gasteiger partial charge in [0.05, 0.1) is 0 Å². The summed E-state index contributed by atoms with van der Waals surface area (Å²) in [6.45, 7) is -3.67. The second kappa shape index (κ2) is 9.14. The Morgan fingerprint density at radius 2 is 1.17 bits per heavy atom. The molecule has 0 saturated heterocycles. The van der Waals surface area contributed by atoms with Crippen molar-refractivity contribution >= 4 is 10.1 Å². The zero-order chi connectivity index (χ0) is 5.58. The molecule has 0 nitrogen and oxygen atoms in total. The van der Waals surface area contributed by atoms with Gasteiger partial charge < -0.3 is 0 Å². The van der Waals surface area contributed by atoms with E-state index < -0.39 is 6.68 Å². The molecule has 0 radical (unpaired) electrons. The monoisotopic (exact) mass is 168 g/mol. The summed E-state index contributed by atoms with van der Waals surface area (Å²) >= 11 is 3.66. The molecule has 0 aliphatic carbocycles. The summed E-state index contributed by atoms with van der Waals surface area (Å²) in [5, 5.41) is 0. The Kier molecular flexibility index (Phi) is 14.9. The molecular weight excluding hydrogens is 168 g/mol. The van der Waals surface area contributed by atoms with Crippen LogP contribution < -0.4 is 0 Å². The van der Waals surface area contributed by atoms with Gasteiger partial charge in [-0.2, -0.15) is 13.2 Å². The number of halogens is 4. The zero-order valence-corrected chi connectivity index (χ0v) is 4.09. The van der Waals surface area contributed by atoms with Gasteiger partial charge in [-0.1, -0.05) is 0 Å². The van der Waals surface area contributed by atoms with Crippen LogP contribution in [0.3, 0.4) is 0 Å². The van der Waals surface area contributed by atoms with E-state index in [0.29, 0.717) is 0 Å². The van der Waals surface area contributed by atoms with Gasteiger partial charge in [-0.05, 0) is 0 Å². The maximum absolute atomic E-state index is 9.67. The van der Waals surface area contributed by atoms with E-state index >= 15 is 0 Å². The summed E-state index contributed by atoms with van der Waals surface area (Å²) in [6.07, 6.45) is 0. The third-order valence-corrected chi connectivity index (χ3v) is 0. The fraction of sp³-hybridized carbons (Fsp3) is 1.00. The molecule has 0 aliphatic heterocycles. The third kappa shape index (κ3) is 166. The van der Waals surface area contributed by atoms with Crippen LogP contribution in [0.5, 0.6) is 0 Å². The van der Waals surface area contributed by atoms with E-state index in [0.717, 1.165) is 0 Å². The Morgan fingerprint density at radius 3 is 1.17 bits per heavy atom. The van der Waals surface area contributed by atoms with Gasteiger partial charge in [-0.15, -0.1) is 0 Å². The van der Waals surface area contributed by atoms with Crippen molar-refractivity contribution in [2.45, 2.75) is 6.68 Å². The van der Waals surface area contributed by atoms with Gasteiger partial charge in [-0.25, -0.2) is 0 Å². The fourth-order valence-electron chi connectivity index (χ4n) is 0. The van der Waals surface area contributed by atoms with Crippen molar-refractivity contribution in [3.05, 3.63) is 0 Å². The first-order valence-electron chi connectivity index (χ1n) is 0.769. The SMILES string of the molecule is FC(F)F.[Cl][Cu]. The summed E-state index contributed by atoms with van der Waals surface area (Å²) in [7, 11) is 4.20. The van der Waals surface area contributed by atoms with Crippen molar-refractivity contribution in [3.8, 4) is 0 Å². The molecule has 0 fully saturated rings. The predicted octanol–water partition coefficient (Wildman–Crippen LogP) is 1.87. The van der Waals surface area contributed by atoms with Crippen LogP contribution in [-0.4, -0.2) is 6.68 Å². The van der Waals surface area contributed by atoms with Crippen LogP contribution in [0, 0.1) is 0 Å². The first kappa shape index (κ1) is 9.78. The quantitative estimate of drug-likeness (QED) is 0.485. The van der Waals surface area contributed by atoms with Crippen LogP contribution in [0.2, 0.25) is 0 Å². The normalized spacial score (nSPS) is 7.17. The first-order chi connectivity index (χ1) is 2.73. The first-order valence-corrected chi connectivity index (χ1v) is 2.06. The molecule has 0 rings (SSSR count). The number of hydrogen-bond donors (Lipinski definition) is 0. The molecule has 0 aromatic rings. The molecule has 0 atom stereocenters. The minimum absolute atomic E-state index is 3.66. The summed E-state index contributed by atoms with van der Waals surface area (Å²) in [5.74, 6) is 0. The van der Waals surface area contributed by atoms with Gasteiger partial charge in [0.1, 0.15) is 0 Å². The van der Waals surface area contributed by atoms with Gasteiger partial charge in [-0.3, -0.25) is 0 Å². The van der Waals surface area contributed by atoms with Crippen molar-refractivity contribution in [1.29, 1.82) is 0 Å². The van der Waals surface area contributed by atoms with E-state index in [4.69, 9.17) is 0 Å². The van der Waals surface area contributed by atoms with Crippen molar-refractivity contribution in [1.82, 2.24) is 0 Å². The second-order valence-corrected chi connectivity index (χ2v) is 0.247. The van der Waals surface area contributed by atoms with Crippen molar-refractivity contribution in [2.24, 2.45) is 0 Å². The summed E-state index contributed by atoms with van der Waals surface area (Å²) in [4.78, 5) is 0. The Morgan fingerprint density at radius 1 is 1.17 bits per heavy atom. The summed E-state index contributed by atoms with van der Waals surface area (Å²) in [6, 6.07) is 0. The molecule has 0 aliphatic rings. The van der Waals surface area contributed by atoms with Crippen LogP contribution in [0.25, 0.3) is 0 Å². The van der Waals surface area contributed by atoms with E-state index in [-0.39, 0.29) is 0 Å². The summed E-state index contributed by atoms with van der Waals surface area (Å²) < 4.78 is 29.0. The second-order valence-electron chi connectivity index (χ2n) is 0.247. The Labute approximate surface area is 45.7 Å². The van der Waals surface area contributed by atoms with E-state index in [1.165, 1.54) is 0 Å². The van der Waals surface area contributed by atoms with Gasteiger partial charge in [0.2, 0.25) is 0 Å². The number of hydrogen-bond acceptors (Lipinski definition) is 0. The molecule has 0 aromatic carbocycles. The van der Waals surface area contributed by atoms with E-state index in [2.05, 4.69) is 25.2 Å². The number of rotatable bonds is 0. The van der Waals surface area contributed by atoms with Crippen molar-refractivity contribution < 1.29 is 28.3 Å². The Balaban J connectivity index is 0. The third-order valence-electron chi connectivity index (χ3n) is 0. The van der Waals surface area contributed by atoms with Gasteiger partial charge >= 0.3 is 31.9 Å². The standard InChI is InChI=1S/CHF3.ClH.Cu/c2-1(3)4;;/h1H;1H;/q;;+1/p-1. The van der Waals surface area contributed by atoms with Gasteiger partial charge in [0, 0.05) is 0 Å². The topological polar surface area (TPSA) is 0 Å². The summed E-state index contributed by atoms with van der Waals surface area (Å²) in [5.41, 5.74) is 0. The molecule has 0 heterocycles. The predicted molar refractivity (Wildman–Crippen MR) is 13.0 cm³/mol. The van der Waals surface area contributed by atoms with Crippen LogP contribution in [-0.2, 0) is 15.1 Å². The van der Waals surface area contributed by atoms with Crippen molar-refractivity contribution in [3.63, 3.8) is 0 Å². The average molecular weight is 169 g/mol. The molecule has 0 N–H and O–H groups in total. The molecule has 6 heavy (non-hydrogen) atoms. The Hall–Kier alpha value is 0.599. The van der Waals surface area contributed by atoms with E-state index in [1.54, 1.807) is 0 Å². The molecule has 0 bridgehead atoms. The van der Waals surface area contributed by atoms with Crippen LogP contribution in [0.1, 0.15) is 0 Å². The molecular formula is CHClCuF3. The molecule has 44 valence electrons. The number of alkyl halides is 3. The van der Waals surface area contributed by atoms with E-state index in [9.17, 15) is 13.2 Å². The van der Waals surface area contributed by atoms with Crippen molar-refractivity contribution in [2.75, 3.05) is 0 Å². The van der Waals surface area contributed by atoms with Crippen LogP contribution in [0.4, 0.5) is 13.2 Å². The molecule has 0 amide bonds. The van der Waals surface area contributed by atoms with E-state index in [1.807, 2.05) is 0 Å². The van der Waals surface area contributed by atoms with Crippen LogP contribution >= 0.6 is 10.1 Å². The average Bonchev–Trinajstić information content (AvgIpc) is 1.41. The van der Waals surface area contributed by atoms with Crippen LogP contribution in [0.15, 0.2) is 0 Å².